The Kier molecular flexibility index (Phi) is 9.94. The predicted molar refractivity (Wildman–Crippen MR) is 180 cm³/mol. The van der Waals surface area contributed by atoms with Crippen molar-refractivity contribution < 1.29 is 37.3 Å². The minimum atomic E-state index is -4.61. The Morgan fingerprint density at radius 1 is 1.18 bits per heavy atom. The number of benzene rings is 1. The molecule has 51 heavy (non-hydrogen) atoms. The number of hydrogen-bond acceptors (Lipinski definition) is 10. The van der Waals surface area contributed by atoms with Crippen LogP contribution in [0.5, 0.6) is 11.6 Å². The first-order valence-electron chi connectivity index (χ1n) is 16.1. The van der Waals surface area contributed by atoms with Crippen molar-refractivity contribution in [3.05, 3.63) is 74.6 Å². The van der Waals surface area contributed by atoms with Crippen molar-refractivity contribution in [1.82, 2.24) is 29.0 Å². The van der Waals surface area contributed by atoms with Crippen molar-refractivity contribution in [3.63, 3.8) is 0 Å². The van der Waals surface area contributed by atoms with Gasteiger partial charge in [0.15, 0.2) is 11.6 Å². The van der Waals surface area contributed by atoms with Gasteiger partial charge in [0.2, 0.25) is 11.7 Å². The number of rotatable bonds is 8. The molecule has 1 aromatic carbocycles. The lowest BCUT2D eigenvalue weighted by Crippen LogP contribution is -2.51. The highest BCUT2D eigenvalue weighted by atomic mass is 35.5. The molecule has 270 valence electrons. The van der Waals surface area contributed by atoms with Gasteiger partial charge in [-0.2, -0.15) is 22.7 Å². The molecule has 0 radical (unpaired) electrons. The van der Waals surface area contributed by atoms with Gasteiger partial charge in [0, 0.05) is 32.4 Å². The highest BCUT2D eigenvalue weighted by molar-refractivity contribution is 6.33. The van der Waals surface area contributed by atoms with E-state index < -0.39 is 29.1 Å². The van der Waals surface area contributed by atoms with Gasteiger partial charge in [-0.15, -0.1) is 5.10 Å². The van der Waals surface area contributed by atoms with E-state index in [1.165, 1.54) is 19.4 Å². The SMILES string of the molecule is CCc1c(N2CCN(C(=O)c3ccnc(OC)c3O)CC2)c(=O)n2nc(C3=C[C@@H](C)OCC3)nc2n1CC(=O)Nc1ccc(C(F)(F)F)cc1Cl. The summed E-state index contributed by atoms with van der Waals surface area (Å²) in [7, 11) is 1.33. The van der Waals surface area contributed by atoms with E-state index in [1.54, 1.807) is 9.47 Å². The molecule has 18 heteroatoms. The Morgan fingerprint density at radius 2 is 1.92 bits per heavy atom. The molecule has 0 aliphatic carbocycles. The molecule has 1 atom stereocenters. The van der Waals surface area contributed by atoms with Crippen LogP contribution < -0.4 is 20.5 Å². The molecule has 14 nitrogen and oxygen atoms in total. The summed E-state index contributed by atoms with van der Waals surface area (Å²) in [6.07, 6.45) is -0.802. The Balaban J connectivity index is 1.35. The molecule has 0 spiro atoms. The first-order valence-corrected chi connectivity index (χ1v) is 16.5. The highest BCUT2D eigenvalue weighted by Gasteiger charge is 2.32. The Hall–Kier alpha value is -5.16. The second-order valence-corrected chi connectivity index (χ2v) is 12.3. The number of aromatic nitrogens is 5. The third-order valence-electron chi connectivity index (χ3n) is 8.71. The number of fused-ring (bicyclic) bond motifs is 1. The van der Waals surface area contributed by atoms with E-state index in [1.807, 2.05) is 24.8 Å². The average molecular weight is 731 g/mol. The number of carbonyl (C=O) groups excluding carboxylic acids is 2. The summed E-state index contributed by atoms with van der Waals surface area (Å²) in [5, 5.41) is 17.3. The fourth-order valence-corrected chi connectivity index (χ4v) is 6.44. The number of nitrogens with zero attached hydrogens (tertiary/aromatic N) is 7. The molecule has 4 aromatic rings. The summed E-state index contributed by atoms with van der Waals surface area (Å²) in [6, 6.07) is 4.02. The number of halogens is 4. The van der Waals surface area contributed by atoms with Crippen molar-refractivity contribution in [2.24, 2.45) is 0 Å². The molecule has 1 fully saturated rings. The quantitative estimate of drug-likeness (QED) is 0.272. The van der Waals surface area contributed by atoms with E-state index in [0.29, 0.717) is 24.5 Å². The maximum absolute atomic E-state index is 14.2. The number of methoxy groups -OCH3 is 1. The third-order valence-corrected chi connectivity index (χ3v) is 9.02. The first kappa shape index (κ1) is 35.7. The van der Waals surface area contributed by atoms with Gasteiger partial charge in [0.1, 0.15) is 12.2 Å². The summed E-state index contributed by atoms with van der Waals surface area (Å²) < 4.78 is 53.0. The molecule has 2 aliphatic heterocycles. The van der Waals surface area contributed by atoms with Gasteiger partial charge in [-0.1, -0.05) is 18.5 Å². The minimum absolute atomic E-state index is 0.0212. The van der Waals surface area contributed by atoms with Gasteiger partial charge < -0.3 is 34.3 Å². The van der Waals surface area contributed by atoms with Crippen LogP contribution in [0.1, 0.15) is 47.7 Å². The van der Waals surface area contributed by atoms with Crippen LogP contribution in [0.15, 0.2) is 41.3 Å². The fraction of sp³-hybridized carbons (Fsp3) is 0.394. The van der Waals surface area contributed by atoms with Crippen LogP contribution in [0.25, 0.3) is 11.4 Å². The number of piperazine rings is 1. The standard InChI is InChI=1S/C33H34ClF3N8O6/c1-4-24-26(42-10-12-43(13-11-42)30(48)21-7-9-38-29(50-3)27(21)47)31(49)45-32(40-28(41-45)19-8-14-51-18(2)15-19)44(24)17-25(46)39-23-6-5-20(16-22(23)34)33(35,36)37/h5-7,9,15-16,18,47H,4,8,10-14,17H2,1-3H3,(H,39,46)/t18-/m1/s1. The Bertz CT molecular complexity index is 2090. The topological polar surface area (TPSA) is 156 Å². The van der Waals surface area contributed by atoms with Crippen molar-refractivity contribution in [2.45, 2.75) is 45.5 Å². The van der Waals surface area contributed by atoms with Crippen LogP contribution >= 0.6 is 11.6 Å². The minimum Gasteiger partial charge on any atom is -0.503 e. The summed E-state index contributed by atoms with van der Waals surface area (Å²) >= 11 is 6.12. The summed E-state index contributed by atoms with van der Waals surface area (Å²) in [6.45, 7) is 4.60. The smallest absolute Gasteiger partial charge is 0.416 e. The molecule has 2 aliphatic rings. The van der Waals surface area contributed by atoms with Crippen molar-refractivity contribution in [1.29, 1.82) is 0 Å². The van der Waals surface area contributed by atoms with Gasteiger partial charge in [0.05, 0.1) is 47.4 Å². The van der Waals surface area contributed by atoms with Crippen LogP contribution in [-0.2, 0) is 28.7 Å². The van der Waals surface area contributed by atoms with Crippen LogP contribution in [0.2, 0.25) is 5.02 Å². The van der Waals surface area contributed by atoms with Crippen LogP contribution in [0.3, 0.4) is 0 Å². The molecule has 2 N–H and O–H groups in total. The van der Waals surface area contributed by atoms with Gasteiger partial charge in [0.25, 0.3) is 17.3 Å². The molecule has 0 saturated carbocycles. The van der Waals surface area contributed by atoms with Crippen molar-refractivity contribution in [2.75, 3.05) is 50.1 Å². The van der Waals surface area contributed by atoms with E-state index in [2.05, 4.69) is 20.4 Å². The number of anilines is 2. The van der Waals surface area contributed by atoms with Gasteiger partial charge in [-0.25, -0.2) is 4.98 Å². The normalized spacial score (nSPS) is 16.7. The van der Waals surface area contributed by atoms with Crippen LogP contribution in [-0.4, -0.2) is 92.0 Å². The summed E-state index contributed by atoms with van der Waals surface area (Å²) in [5.74, 6) is -1.13. The van der Waals surface area contributed by atoms with Gasteiger partial charge in [-0.3, -0.25) is 14.4 Å². The highest BCUT2D eigenvalue weighted by Crippen LogP contribution is 2.34. The zero-order chi connectivity index (χ0) is 36.6. The monoisotopic (exact) mass is 730 g/mol. The van der Waals surface area contributed by atoms with Crippen molar-refractivity contribution in [3.8, 4) is 11.6 Å². The van der Waals surface area contributed by atoms with Gasteiger partial charge in [-0.05, 0) is 55.7 Å². The summed E-state index contributed by atoms with van der Waals surface area (Å²) in [4.78, 5) is 53.0. The second kappa shape index (κ2) is 14.2. The molecule has 3 aromatic heterocycles. The zero-order valence-corrected chi connectivity index (χ0v) is 28.6. The molecule has 0 unspecified atom stereocenters. The van der Waals surface area contributed by atoms with Crippen molar-refractivity contribution >= 4 is 46.1 Å². The number of carbonyl (C=O) groups is 2. The van der Waals surface area contributed by atoms with E-state index >= 15 is 0 Å². The molecule has 6 rings (SSSR count). The largest absolute Gasteiger partial charge is 0.503 e. The van der Waals surface area contributed by atoms with Gasteiger partial charge >= 0.3 is 6.18 Å². The van der Waals surface area contributed by atoms with Crippen LogP contribution in [0, 0.1) is 0 Å². The number of pyridine rings is 1. The fourth-order valence-electron chi connectivity index (χ4n) is 6.21. The predicted octanol–water partition coefficient (Wildman–Crippen LogP) is 4.03. The van der Waals surface area contributed by atoms with E-state index in [0.717, 1.165) is 28.3 Å². The second-order valence-electron chi connectivity index (χ2n) is 11.9. The Labute approximate surface area is 294 Å². The van der Waals surface area contributed by atoms with E-state index in [9.17, 15) is 32.7 Å². The van der Waals surface area contributed by atoms with E-state index in [4.69, 9.17) is 21.1 Å². The molecular formula is C33H34ClF3N8O6. The molecule has 1 saturated heterocycles. The van der Waals surface area contributed by atoms with Crippen LogP contribution in [0.4, 0.5) is 24.5 Å². The summed E-state index contributed by atoms with van der Waals surface area (Å²) in [5.41, 5.74) is 0.0680. The maximum atomic E-state index is 14.2. The molecular weight excluding hydrogens is 697 g/mol. The molecule has 5 heterocycles. The molecule has 2 amide bonds. The lowest BCUT2D eigenvalue weighted by molar-refractivity contribution is -0.137. The zero-order valence-electron chi connectivity index (χ0n) is 27.8. The molecule has 0 bridgehead atoms. The lowest BCUT2D eigenvalue weighted by Gasteiger charge is -2.37. The number of ether oxygens (including phenoxy) is 2. The number of hydrogen-bond donors (Lipinski definition) is 2. The lowest BCUT2D eigenvalue weighted by atomic mass is 10.1. The van der Waals surface area contributed by atoms with E-state index in [-0.39, 0.29) is 84.6 Å². The first-order chi connectivity index (χ1) is 24.3. The number of amides is 2. The maximum Gasteiger partial charge on any atom is 0.416 e. The number of alkyl halides is 3. The number of nitrogens with one attached hydrogen (secondary N) is 1. The third kappa shape index (κ3) is 7.08. The number of aromatic hydroxyl groups is 1. The Morgan fingerprint density at radius 3 is 2.57 bits per heavy atom. The average Bonchev–Trinajstić information content (AvgIpc) is 3.56.